The molecule has 4 rings (SSSR count). The molecule has 0 fully saturated rings. The highest BCUT2D eigenvalue weighted by Gasteiger charge is 2.37. The summed E-state index contributed by atoms with van der Waals surface area (Å²) >= 11 is 1.43. The van der Waals surface area contributed by atoms with Crippen LogP contribution in [0.4, 0.5) is 5.69 Å². The normalized spacial score (nSPS) is 17.5. The van der Waals surface area contributed by atoms with Crippen molar-refractivity contribution < 1.29 is 9.53 Å². The van der Waals surface area contributed by atoms with Crippen molar-refractivity contribution in [3.8, 4) is 5.75 Å². The summed E-state index contributed by atoms with van der Waals surface area (Å²) in [6, 6.07) is 13.7. The van der Waals surface area contributed by atoms with E-state index in [-0.39, 0.29) is 11.9 Å². The van der Waals surface area contributed by atoms with Crippen LogP contribution in [0.1, 0.15) is 42.4 Å². The largest absolute Gasteiger partial charge is 0.494 e. The van der Waals surface area contributed by atoms with E-state index in [2.05, 4.69) is 20.9 Å². The summed E-state index contributed by atoms with van der Waals surface area (Å²) in [7, 11) is 0. The molecule has 1 aliphatic rings. The number of amides is 1. The molecule has 2 atom stereocenters. The maximum Gasteiger partial charge on any atom is 0.240 e. The Balaban J connectivity index is 1.66. The molecule has 1 aliphatic heterocycles. The summed E-state index contributed by atoms with van der Waals surface area (Å²) < 4.78 is 7.47. The zero-order valence-electron chi connectivity index (χ0n) is 18.2. The second-order valence-electron chi connectivity index (χ2n) is 7.54. The van der Waals surface area contributed by atoms with Gasteiger partial charge in [-0.2, -0.15) is 0 Å². The summed E-state index contributed by atoms with van der Waals surface area (Å²) in [5.74, 6) is 1.58. The third kappa shape index (κ3) is 4.39. The van der Waals surface area contributed by atoms with Gasteiger partial charge in [0, 0.05) is 12.1 Å². The number of aromatic nitrogens is 3. The van der Waals surface area contributed by atoms with E-state index in [4.69, 9.17) is 4.74 Å². The highest BCUT2D eigenvalue weighted by molar-refractivity contribution is 8.00. The van der Waals surface area contributed by atoms with Crippen LogP contribution in [0.3, 0.4) is 0 Å². The molecule has 3 aromatic rings. The van der Waals surface area contributed by atoms with Crippen LogP contribution in [-0.2, 0) is 11.2 Å². The third-order valence-electron chi connectivity index (χ3n) is 5.28. The van der Waals surface area contributed by atoms with Crippen LogP contribution >= 0.6 is 11.8 Å². The lowest BCUT2D eigenvalue weighted by molar-refractivity contribution is -0.116. The van der Waals surface area contributed by atoms with Gasteiger partial charge in [-0.1, -0.05) is 43.0 Å². The van der Waals surface area contributed by atoms with E-state index in [1.807, 2.05) is 74.8 Å². The average molecular weight is 438 g/mol. The van der Waals surface area contributed by atoms with Gasteiger partial charge in [-0.05, 0) is 55.7 Å². The number of thioether (sulfide) groups is 1. The van der Waals surface area contributed by atoms with E-state index in [1.54, 1.807) is 0 Å². The van der Waals surface area contributed by atoms with Gasteiger partial charge in [0.25, 0.3) is 0 Å². The average Bonchev–Trinajstić information content (AvgIpc) is 3.18. The van der Waals surface area contributed by atoms with Gasteiger partial charge in [0.05, 0.1) is 12.6 Å². The van der Waals surface area contributed by atoms with Crippen molar-refractivity contribution in [2.24, 2.45) is 0 Å². The maximum atomic E-state index is 13.4. The number of aryl methyl sites for hydroxylation is 3. The topological polar surface area (TPSA) is 81.1 Å². The third-order valence-corrected chi connectivity index (χ3v) is 6.49. The lowest BCUT2D eigenvalue weighted by atomic mass is 10.0. The summed E-state index contributed by atoms with van der Waals surface area (Å²) in [4.78, 5) is 13.4. The Morgan fingerprint density at radius 1 is 1.16 bits per heavy atom. The highest BCUT2D eigenvalue weighted by Crippen LogP contribution is 2.38. The highest BCUT2D eigenvalue weighted by atomic mass is 32.2. The molecule has 2 N–H and O–H groups in total. The quantitative estimate of drug-likeness (QED) is 0.600. The van der Waals surface area contributed by atoms with Crippen LogP contribution in [0.15, 0.2) is 47.6 Å². The minimum atomic E-state index is -0.417. The summed E-state index contributed by atoms with van der Waals surface area (Å²) in [5.41, 5.74) is 7.44. The summed E-state index contributed by atoms with van der Waals surface area (Å²) in [6.45, 7) is 8.62. The zero-order valence-corrected chi connectivity index (χ0v) is 19.0. The fourth-order valence-electron chi connectivity index (χ4n) is 3.59. The van der Waals surface area contributed by atoms with E-state index < -0.39 is 5.25 Å². The number of carbonyl (C=O) groups excluding carboxylic acids is 1. The van der Waals surface area contributed by atoms with Crippen LogP contribution in [0.2, 0.25) is 0 Å². The molecule has 162 valence electrons. The van der Waals surface area contributed by atoms with Gasteiger partial charge < -0.3 is 15.5 Å². The van der Waals surface area contributed by atoms with Crippen molar-refractivity contribution in [2.45, 2.75) is 50.6 Å². The minimum absolute atomic E-state index is 0.0719. The van der Waals surface area contributed by atoms with Crippen LogP contribution in [-0.4, -0.2) is 32.6 Å². The molecule has 0 bridgehead atoms. The van der Waals surface area contributed by atoms with E-state index in [0.29, 0.717) is 11.8 Å². The maximum absolute atomic E-state index is 13.4. The number of nitrogens with zero attached hydrogens (tertiary/aromatic N) is 3. The smallest absolute Gasteiger partial charge is 0.240 e. The van der Waals surface area contributed by atoms with Gasteiger partial charge in [0.1, 0.15) is 11.0 Å². The second kappa shape index (κ2) is 9.01. The lowest BCUT2D eigenvalue weighted by Gasteiger charge is -2.33. The van der Waals surface area contributed by atoms with Gasteiger partial charge in [-0.25, -0.2) is 4.68 Å². The van der Waals surface area contributed by atoms with E-state index >= 15 is 0 Å². The Hall–Kier alpha value is -3.00. The molecular weight excluding hydrogens is 410 g/mol. The number of hydrogen-bond donors (Lipinski definition) is 2. The summed E-state index contributed by atoms with van der Waals surface area (Å²) in [6.07, 6.45) is 0.746. The monoisotopic (exact) mass is 437 g/mol. The fraction of sp³-hybridized carbons (Fsp3) is 0.348. The van der Waals surface area contributed by atoms with Crippen LogP contribution in [0.5, 0.6) is 5.75 Å². The number of benzene rings is 2. The lowest BCUT2D eigenvalue weighted by Crippen LogP contribution is -2.41. The van der Waals surface area contributed by atoms with Crippen LogP contribution in [0, 0.1) is 13.8 Å². The molecule has 2 heterocycles. The Labute approximate surface area is 186 Å². The molecule has 0 saturated carbocycles. The molecule has 1 amide bonds. The number of nitrogens with one attached hydrogen (secondary N) is 2. The van der Waals surface area contributed by atoms with Crippen molar-refractivity contribution in [3.05, 3.63) is 65.0 Å². The zero-order chi connectivity index (χ0) is 22.0. The van der Waals surface area contributed by atoms with Crippen molar-refractivity contribution in [1.82, 2.24) is 14.9 Å². The first kappa shape index (κ1) is 21.2. The molecule has 0 saturated heterocycles. The van der Waals surface area contributed by atoms with Gasteiger partial charge in [0.2, 0.25) is 11.1 Å². The fourth-order valence-corrected chi connectivity index (χ4v) is 4.69. The SMILES string of the molecule is CCOc1ccc([C@H]2Nn3c(CC)nnc3S[C@@H]2C(=O)Nc2cc(C)ccc2C)cc1. The van der Waals surface area contributed by atoms with Gasteiger partial charge in [0.15, 0.2) is 5.82 Å². The molecule has 0 unspecified atom stereocenters. The molecule has 8 heteroatoms. The van der Waals surface area contributed by atoms with Gasteiger partial charge in [-0.15, -0.1) is 10.2 Å². The minimum Gasteiger partial charge on any atom is -0.494 e. The second-order valence-corrected chi connectivity index (χ2v) is 8.65. The molecule has 7 nitrogen and oxygen atoms in total. The molecule has 0 radical (unpaired) electrons. The van der Waals surface area contributed by atoms with Crippen molar-refractivity contribution >= 4 is 23.4 Å². The van der Waals surface area contributed by atoms with Crippen LogP contribution < -0.4 is 15.5 Å². The predicted octanol–water partition coefficient (Wildman–Crippen LogP) is 4.25. The Morgan fingerprint density at radius 2 is 1.94 bits per heavy atom. The predicted molar refractivity (Wildman–Crippen MR) is 123 cm³/mol. The number of ether oxygens (including phenoxy) is 1. The molecule has 0 aliphatic carbocycles. The van der Waals surface area contributed by atoms with Crippen LogP contribution in [0.25, 0.3) is 0 Å². The van der Waals surface area contributed by atoms with Gasteiger partial charge in [-0.3, -0.25) is 4.79 Å². The van der Waals surface area contributed by atoms with Crippen molar-refractivity contribution in [1.29, 1.82) is 0 Å². The molecular formula is C23H27N5O2S. The van der Waals surface area contributed by atoms with Gasteiger partial charge >= 0.3 is 0 Å². The Bertz CT molecular complexity index is 1080. The first-order valence-electron chi connectivity index (χ1n) is 10.5. The number of fused-ring (bicyclic) bond motifs is 1. The standard InChI is InChI=1S/C23H27N5O2S/c1-5-19-25-26-23-28(19)27-20(16-9-11-17(12-10-16)30-6-2)21(31-23)22(29)24-18-13-14(3)7-8-15(18)4/h7-13,20-21,27H,5-6H2,1-4H3,(H,24,29)/t20-,21+/m1/s1. The number of rotatable bonds is 6. The van der Waals surface area contributed by atoms with E-state index in [1.165, 1.54) is 11.8 Å². The van der Waals surface area contributed by atoms with Crippen molar-refractivity contribution in [3.63, 3.8) is 0 Å². The number of hydrogen-bond acceptors (Lipinski definition) is 6. The summed E-state index contributed by atoms with van der Waals surface area (Å²) in [5, 5.41) is 11.9. The first-order chi connectivity index (χ1) is 15.0. The Morgan fingerprint density at radius 3 is 2.65 bits per heavy atom. The molecule has 0 spiro atoms. The first-order valence-corrected chi connectivity index (χ1v) is 11.4. The van der Waals surface area contributed by atoms with E-state index in [9.17, 15) is 4.79 Å². The van der Waals surface area contributed by atoms with Crippen molar-refractivity contribution in [2.75, 3.05) is 17.3 Å². The van der Waals surface area contributed by atoms with E-state index in [0.717, 1.165) is 40.4 Å². The number of anilines is 1. The molecule has 31 heavy (non-hydrogen) atoms. The Kier molecular flexibility index (Phi) is 6.18. The molecule has 2 aromatic carbocycles. The number of carbonyl (C=O) groups is 1. The molecule has 1 aromatic heterocycles.